The van der Waals surface area contributed by atoms with Crippen LogP contribution in [0.1, 0.15) is 12.6 Å². The maximum atomic E-state index is 12.3. The van der Waals surface area contributed by atoms with Crippen LogP contribution in [0, 0.1) is 0 Å². The molecular weight excluding hydrogens is 636 g/mol. The van der Waals surface area contributed by atoms with E-state index in [4.69, 9.17) is 20.9 Å². The van der Waals surface area contributed by atoms with Gasteiger partial charge in [-0.25, -0.2) is 19.3 Å². The summed E-state index contributed by atoms with van der Waals surface area (Å²) in [6, 6.07) is 0. The fourth-order valence-electron chi connectivity index (χ4n) is 4.43. The molecule has 5 heterocycles. The molecule has 8 N–H and O–H groups in total. The van der Waals surface area contributed by atoms with Crippen molar-refractivity contribution < 1.29 is 67.0 Å². The molecule has 44 heavy (non-hydrogen) atoms. The SMILES string of the molecule is NC(=O)C1=CN([C@@H]2O[C@H](COP(=O)([O-])OP(=O)([O-])OCC3=C(O)C(O)[C@H](n4cnc5c(N)ncnc54)O3)C(O)C2O)C=CC1. The van der Waals surface area contributed by atoms with E-state index in [1.807, 2.05) is 0 Å². The van der Waals surface area contributed by atoms with E-state index in [1.54, 1.807) is 0 Å². The van der Waals surface area contributed by atoms with Gasteiger partial charge in [0, 0.05) is 18.0 Å². The number of amides is 1. The first-order valence-corrected chi connectivity index (χ1v) is 15.4. The van der Waals surface area contributed by atoms with E-state index in [-0.39, 0.29) is 29.0 Å². The summed E-state index contributed by atoms with van der Waals surface area (Å²) >= 11 is 0. The molecule has 23 heteroatoms. The predicted octanol–water partition coefficient (Wildman–Crippen LogP) is -2.91. The second kappa shape index (κ2) is 12.1. The molecule has 0 spiro atoms. The minimum Gasteiger partial charge on any atom is -0.756 e. The number of carbonyl (C=O) groups is 1. The average Bonchev–Trinajstić information content (AvgIpc) is 3.61. The van der Waals surface area contributed by atoms with E-state index in [1.165, 1.54) is 34.3 Å². The van der Waals surface area contributed by atoms with Crippen LogP contribution in [0.5, 0.6) is 0 Å². The van der Waals surface area contributed by atoms with Crippen molar-refractivity contribution in [3.63, 3.8) is 0 Å². The summed E-state index contributed by atoms with van der Waals surface area (Å²) in [6.07, 6.45) is -2.41. The monoisotopic (exact) mass is 661 g/mol. The number of anilines is 1. The molecule has 1 saturated heterocycles. The normalized spacial score (nSPS) is 29.8. The summed E-state index contributed by atoms with van der Waals surface area (Å²) in [5, 5.41) is 41.3. The van der Waals surface area contributed by atoms with Crippen LogP contribution in [0.4, 0.5) is 5.82 Å². The number of aliphatic hydroxyl groups excluding tert-OH is 4. The maximum Gasteiger partial charge on any atom is 0.274 e. The number of rotatable bonds is 11. The van der Waals surface area contributed by atoms with Gasteiger partial charge in [0.25, 0.3) is 15.6 Å². The molecule has 1 fully saturated rings. The van der Waals surface area contributed by atoms with Crippen molar-refractivity contribution >= 4 is 38.5 Å². The number of carbonyl (C=O) groups excluding carboxylic acids is 1. The summed E-state index contributed by atoms with van der Waals surface area (Å²) in [5.74, 6) is -2.12. The molecule has 240 valence electrons. The van der Waals surface area contributed by atoms with Crippen molar-refractivity contribution in [1.82, 2.24) is 24.4 Å². The number of nitrogens with zero attached hydrogens (tertiary/aromatic N) is 5. The molecule has 8 atom stereocenters. The molecule has 3 aliphatic rings. The summed E-state index contributed by atoms with van der Waals surface area (Å²) in [6.45, 7) is -2.10. The lowest BCUT2D eigenvalue weighted by molar-refractivity contribution is -0.245. The Morgan fingerprint density at radius 2 is 1.84 bits per heavy atom. The highest BCUT2D eigenvalue weighted by Gasteiger charge is 2.46. The van der Waals surface area contributed by atoms with Crippen LogP contribution >= 0.6 is 15.6 Å². The molecule has 0 radical (unpaired) electrons. The molecule has 0 aliphatic carbocycles. The lowest BCUT2D eigenvalue weighted by Crippen LogP contribution is -2.40. The van der Waals surface area contributed by atoms with Crippen molar-refractivity contribution in [3.8, 4) is 0 Å². The van der Waals surface area contributed by atoms with E-state index >= 15 is 0 Å². The van der Waals surface area contributed by atoms with Crippen LogP contribution in [0.25, 0.3) is 11.2 Å². The smallest absolute Gasteiger partial charge is 0.274 e. The third kappa shape index (κ3) is 6.48. The fraction of sp³-hybridized carbons (Fsp3) is 0.429. The number of imidazole rings is 1. The van der Waals surface area contributed by atoms with Crippen LogP contribution < -0.4 is 21.3 Å². The number of nitrogens with two attached hydrogens (primary N) is 2. The molecule has 21 nitrogen and oxygen atoms in total. The van der Waals surface area contributed by atoms with Gasteiger partial charge in [0.2, 0.25) is 12.1 Å². The van der Waals surface area contributed by atoms with Crippen LogP contribution in [-0.2, 0) is 36.8 Å². The van der Waals surface area contributed by atoms with Gasteiger partial charge in [-0.3, -0.25) is 18.5 Å². The Balaban J connectivity index is 1.16. The number of hydrogen-bond acceptors (Lipinski definition) is 19. The van der Waals surface area contributed by atoms with E-state index in [2.05, 4.69) is 28.3 Å². The van der Waals surface area contributed by atoms with Gasteiger partial charge in [-0.15, -0.1) is 0 Å². The third-order valence-corrected chi connectivity index (χ3v) is 9.09. The maximum absolute atomic E-state index is 12.3. The molecule has 5 rings (SSSR count). The molecule has 5 unspecified atom stereocenters. The molecule has 2 aromatic rings. The summed E-state index contributed by atoms with van der Waals surface area (Å²) < 4.78 is 49.6. The van der Waals surface area contributed by atoms with Gasteiger partial charge >= 0.3 is 0 Å². The van der Waals surface area contributed by atoms with Gasteiger partial charge in [-0.2, -0.15) is 0 Å². The number of hydrogen-bond donors (Lipinski definition) is 6. The van der Waals surface area contributed by atoms with Crippen molar-refractivity contribution in [1.29, 1.82) is 0 Å². The highest BCUT2D eigenvalue weighted by molar-refractivity contribution is 7.59. The largest absolute Gasteiger partial charge is 0.756 e. The van der Waals surface area contributed by atoms with E-state index in [0.29, 0.717) is 0 Å². The number of phosphoric acid groups is 2. The lowest BCUT2D eigenvalue weighted by atomic mass is 10.1. The third-order valence-electron chi connectivity index (χ3n) is 6.58. The van der Waals surface area contributed by atoms with Crippen molar-refractivity contribution in [3.05, 3.63) is 48.2 Å². The Morgan fingerprint density at radius 1 is 1.11 bits per heavy atom. The first-order valence-electron chi connectivity index (χ1n) is 12.5. The van der Waals surface area contributed by atoms with Gasteiger partial charge in [0.05, 0.1) is 6.61 Å². The second-order valence-corrected chi connectivity index (χ2v) is 12.4. The Hall–Kier alpha value is -3.46. The number of nitrogen functional groups attached to an aromatic ring is 1. The quantitative estimate of drug-likeness (QED) is 0.131. The Kier molecular flexibility index (Phi) is 8.82. The molecule has 0 saturated carbocycles. The number of aliphatic hydroxyl groups is 4. The lowest BCUT2D eigenvalue weighted by Gasteiger charge is -2.31. The Bertz CT molecular complexity index is 1630. The predicted molar refractivity (Wildman–Crippen MR) is 137 cm³/mol. The summed E-state index contributed by atoms with van der Waals surface area (Å²) in [5.41, 5.74) is 11.4. The molecular formula is C21H25N7O14P2-2. The highest BCUT2D eigenvalue weighted by Crippen LogP contribution is 2.56. The summed E-state index contributed by atoms with van der Waals surface area (Å²) in [4.78, 5) is 48.9. The van der Waals surface area contributed by atoms with Crippen molar-refractivity contribution in [2.45, 2.75) is 43.3 Å². The minimum atomic E-state index is -5.71. The zero-order chi connectivity index (χ0) is 32.0. The number of fused-ring (bicyclic) bond motifs is 1. The van der Waals surface area contributed by atoms with Gasteiger partial charge < -0.3 is 65.1 Å². The highest BCUT2D eigenvalue weighted by atomic mass is 31.3. The standard InChI is InChI=1S/C21H27N7O14P2/c22-17-12-19(25-7-24-17)28(8-26-12)21-16(32)14(30)11(41-21)6-39-44(36,37)42-43(34,35)38-5-10-13(29)15(31)20(40-10)27-3-1-2-9(4-27)18(23)33/h1,3-4,7-8,10,13,15-16,20-21,29-32H,2,5-6H2,(H2,23,33)(H,34,35)(H,36,37)(H2,22,24,25)/p-2/t10-,13?,15?,16?,20-,21-/m1/s1. The van der Waals surface area contributed by atoms with Crippen LogP contribution in [0.2, 0.25) is 0 Å². The van der Waals surface area contributed by atoms with E-state index in [0.717, 1.165) is 6.33 Å². The van der Waals surface area contributed by atoms with E-state index < -0.39 is 83.2 Å². The van der Waals surface area contributed by atoms with Gasteiger partial charge in [-0.1, -0.05) is 6.08 Å². The minimum absolute atomic E-state index is 0.0239. The summed E-state index contributed by atoms with van der Waals surface area (Å²) in [7, 11) is -11.4. The van der Waals surface area contributed by atoms with Crippen LogP contribution in [0.15, 0.2) is 48.2 Å². The van der Waals surface area contributed by atoms with Gasteiger partial charge in [-0.05, 0) is 6.42 Å². The number of primary amides is 1. The topological polar surface area (TPSA) is 323 Å². The number of phosphoric ester groups is 2. The molecule has 2 aromatic heterocycles. The second-order valence-electron chi connectivity index (χ2n) is 9.49. The molecule has 3 aliphatic heterocycles. The first kappa shape index (κ1) is 31.9. The van der Waals surface area contributed by atoms with Crippen LogP contribution in [0.3, 0.4) is 0 Å². The Morgan fingerprint density at radius 3 is 2.57 bits per heavy atom. The van der Waals surface area contributed by atoms with Gasteiger partial charge in [0.1, 0.15) is 43.1 Å². The van der Waals surface area contributed by atoms with Crippen molar-refractivity contribution in [2.75, 3.05) is 18.9 Å². The van der Waals surface area contributed by atoms with Crippen molar-refractivity contribution in [2.24, 2.45) is 5.73 Å². The average molecular weight is 661 g/mol. The molecule has 0 bridgehead atoms. The first-order chi connectivity index (χ1) is 20.7. The Labute approximate surface area is 246 Å². The molecule has 0 aromatic carbocycles. The van der Waals surface area contributed by atoms with Crippen LogP contribution in [-0.4, -0.2) is 94.6 Å². The molecule has 1 amide bonds. The number of allylic oxidation sites excluding steroid dienone is 1. The zero-order valence-corrected chi connectivity index (χ0v) is 23.9. The van der Waals surface area contributed by atoms with E-state index in [9.17, 15) is 44.1 Å². The number of ether oxygens (including phenoxy) is 2. The zero-order valence-electron chi connectivity index (χ0n) is 22.1. The number of aromatic nitrogens is 4. The van der Waals surface area contributed by atoms with Gasteiger partial charge in [0.15, 0.2) is 35.3 Å². The fourth-order valence-corrected chi connectivity index (χ4v) is 6.39.